The summed E-state index contributed by atoms with van der Waals surface area (Å²) in [5.41, 5.74) is 2.08. The van der Waals surface area contributed by atoms with Crippen LogP contribution in [0.1, 0.15) is 12.5 Å². The Kier molecular flexibility index (Phi) is 8.27. The van der Waals surface area contributed by atoms with E-state index in [1.807, 2.05) is 79.8 Å². The van der Waals surface area contributed by atoms with Crippen LogP contribution in [0.3, 0.4) is 0 Å². The van der Waals surface area contributed by atoms with Crippen LogP contribution in [-0.4, -0.2) is 17.8 Å². The zero-order valence-electron chi connectivity index (χ0n) is 17.6. The number of halogens is 1. The van der Waals surface area contributed by atoms with E-state index < -0.39 is 0 Å². The first kappa shape index (κ1) is 22.6. The summed E-state index contributed by atoms with van der Waals surface area (Å²) in [5, 5.41) is 1.51. The molecule has 0 fully saturated rings. The summed E-state index contributed by atoms with van der Waals surface area (Å²) in [5.74, 6) is 0.766. The second-order valence-electron chi connectivity index (χ2n) is 7.03. The van der Waals surface area contributed by atoms with Crippen molar-refractivity contribution in [3.05, 3.63) is 112 Å². The number of rotatable bonds is 10. The van der Waals surface area contributed by atoms with Crippen molar-refractivity contribution in [1.82, 2.24) is 4.57 Å². The third-order valence-electron chi connectivity index (χ3n) is 4.64. The number of aromatic nitrogens is 1. The van der Waals surface area contributed by atoms with Gasteiger partial charge in [0, 0.05) is 10.6 Å². The second kappa shape index (κ2) is 11.3. The normalized spacial score (nSPS) is 11.5. The molecular formula is C26H26ClNO3. The van der Waals surface area contributed by atoms with Crippen LogP contribution in [0, 0.1) is 0 Å². The molecule has 0 N–H and O–H groups in total. The van der Waals surface area contributed by atoms with Crippen molar-refractivity contribution >= 4 is 22.5 Å². The number of nitrogens with zero attached hydrogens (tertiary/aromatic N) is 1. The van der Waals surface area contributed by atoms with Gasteiger partial charge < -0.3 is 14.0 Å². The molecule has 1 heterocycles. The largest absolute Gasteiger partial charge is 0.492 e. The van der Waals surface area contributed by atoms with Gasteiger partial charge in [0.25, 0.3) is 5.56 Å². The van der Waals surface area contributed by atoms with E-state index in [1.54, 1.807) is 10.6 Å². The molecule has 0 aliphatic carbocycles. The van der Waals surface area contributed by atoms with Crippen LogP contribution in [0.25, 0.3) is 10.9 Å². The number of allylic oxidation sites excluding steroid dienone is 3. The lowest BCUT2D eigenvalue weighted by atomic mass is 10.1. The lowest BCUT2D eigenvalue weighted by molar-refractivity contribution is 0.143. The number of benzene rings is 2. The van der Waals surface area contributed by atoms with E-state index in [1.165, 1.54) is 0 Å². The lowest BCUT2D eigenvalue weighted by Gasteiger charge is -2.14. The Hall–Kier alpha value is -3.08. The number of para-hydroxylation sites is 1. The molecule has 2 aromatic carbocycles. The van der Waals surface area contributed by atoms with Crippen LogP contribution in [0.2, 0.25) is 5.02 Å². The van der Waals surface area contributed by atoms with Gasteiger partial charge in [-0.05, 0) is 48.2 Å². The van der Waals surface area contributed by atoms with Gasteiger partial charge in [0.2, 0.25) is 0 Å². The fourth-order valence-corrected chi connectivity index (χ4v) is 3.31. The Balaban J connectivity index is 1.77. The summed E-state index contributed by atoms with van der Waals surface area (Å²) in [6.07, 6.45) is 7.67. The molecule has 0 aliphatic heterocycles. The fourth-order valence-electron chi connectivity index (χ4n) is 3.14. The highest BCUT2D eigenvalue weighted by atomic mass is 35.5. The minimum Gasteiger partial charge on any atom is -0.492 e. The van der Waals surface area contributed by atoms with Gasteiger partial charge >= 0.3 is 0 Å². The summed E-state index contributed by atoms with van der Waals surface area (Å²) in [6, 6.07) is 16.9. The van der Waals surface area contributed by atoms with Crippen LogP contribution < -0.4 is 10.3 Å². The first-order valence-electron chi connectivity index (χ1n) is 10.1. The molecule has 0 saturated carbocycles. The zero-order valence-corrected chi connectivity index (χ0v) is 18.3. The van der Waals surface area contributed by atoms with Gasteiger partial charge in [0.1, 0.15) is 12.4 Å². The van der Waals surface area contributed by atoms with E-state index in [0.717, 1.165) is 22.2 Å². The van der Waals surface area contributed by atoms with E-state index in [4.69, 9.17) is 21.1 Å². The van der Waals surface area contributed by atoms with Gasteiger partial charge in [-0.15, -0.1) is 0 Å². The molecule has 0 unspecified atom stereocenters. The standard InChI is InChI=1S/C26H26ClNO3/c1-3-4-6-9-20(2)18-30-19-22-16-21-12-13-23(27)17-25(21)28(26(22)29)14-15-31-24-10-7-5-8-11-24/h3-13,16-17H,2,14-15,18-19H2,1H3/b4-3-,9-6-. The summed E-state index contributed by atoms with van der Waals surface area (Å²) in [4.78, 5) is 13.2. The molecular weight excluding hydrogens is 410 g/mol. The van der Waals surface area contributed by atoms with Crippen molar-refractivity contribution in [2.24, 2.45) is 0 Å². The van der Waals surface area contributed by atoms with Crippen LogP contribution in [-0.2, 0) is 17.9 Å². The van der Waals surface area contributed by atoms with Crippen molar-refractivity contribution in [3.8, 4) is 5.75 Å². The number of fused-ring (bicyclic) bond motifs is 1. The average Bonchev–Trinajstić information content (AvgIpc) is 2.77. The van der Waals surface area contributed by atoms with Crippen molar-refractivity contribution in [2.45, 2.75) is 20.1 Å². The molecule has 0 saturated heterocycles. The van der Waals surface area contributed by atoms with E-state index in [-0.39, 0.29) is 12.2 Å². The molecule has 1 aromatic heterocycles. The van der Waals surface area contributed by atoms with Crippen LogP contribution in [0.15, 0.2) is 95.8 Å². The summed E-state index contributed by atoms with van der Waals surface area (Å²) < 4.78 is 13.2. The molecule has 0 atom stereocenters. The quantitative estimate of drug-likeness (QED) is 0.370. The lowest BCUT2D eigenvalue weighted by Crippen LogP contribution is -2.27. The van der Waals surface area contributed by atoms with Crippen LogP contribution >= 0.6 is 11.6 Å². The number of hydrogen-bond acceptors (Lipinski definition) is 3. The Labute approximate surface area is 187 Å². The predicted molar refractivity (Wildman–Crippen MR) is 128 cm³/mol. The smallest absolute Gasteiger partial charge is 0.256 e. The van der Waals surface area contributed by atoms with E-state index in [9.17, 15) is 4.79 Å². The van der Waals surface area contributed by atoms with Gasteiger partial charge in [-0.3, -0.25) is 4.79 Å². The fraction of sp³-hybridized carbons (Fsp3) is 0.192. The van der Waals surface area contributed by atoms with Gasteiger partial charge in [-0.25, -0.2) is 0 Å². The minimum absolute atomic E-state index is 0.110. The zero-order chi connectivity index (χ0) is 22.1. The Morgan fingerprint density at radius 3 is 2.71 bits per heavy atom. The summed E-state index contributed by atoms with van der Waals surface area (Å²) >= 11 is 6.19. The maximum absolute atomic E-state index is 13.2. The van der Waals surface area contributed by atoms with Crippen molar-refractivity contribution in [1.29, 1.82) is 0 Å². The molecule has 0 spiro atoms. The monoisotopic (exact) mass is 435 g/mol. The number of pyridine rings is 1. The highest BCUT2D eigenvalue weighted by molar-refractivity contribution is 6.31. The first-order valence-corrected chi connectivity index (χ1v) is 10.5. The minimum atomic E-state index is -0.110. The van der Waals surface area contributed by atoms with Crippen molar-refractivity contribution < 1.29 is 9.47 Å². The maximum Gasteiger partial charge on any atom is 0.256 e. The highest BCUT2D eigenvalue weighted by Crippen LogP contribution is 2.20. The predicted octanol–water partition coefficient (Wildman–Crippen LogP) is 5.94. The Morgan fingerprint density at radius 2 is 1.94 bits per heavy atom. The molecule has 5 heteroatoms. The van der Waals surface area contributed by atoms with E-state index in [0.29, 0.717) is 30.3 Å². The molecule has 31 heavy (non-hydrogen) atoms. The number of hydrogen-bond donors (Lipinski definition) is 0. The van der Waals surface area contributed by atoms with Gasteiger partial charge in [0.15, 0.2) is 0 Å². The van der Waals surface area contributed by atoms with Gasteiger partial charge in [0.05, 0.1) is 25.3 Å². The van der Waals surface area contributed by atoms with Gasteiger partial charge in [-0.2, -0.15) is 0 Å². The van der Waals surface area contributed by atoms with Crippen molar-refractivity contribution in [2.75, 3.05) is 13.2 Å². The summed E-state index contributed by atoms with van der Waals surface area (Å²) in [6.45, 7) is 7.23. The third-order valence-corrected chi connectivity index (χ3v) is 4.88. The average molecular weight is 436 g/mol. The van der Waals surface area contributed by atoms with Crippen LogP contribution in [0.5, 0.6) is 5.75 Å². The Bertz CT molecular complexity index is 1150. The molecule has 3 rings (SSSR count). The van der Waals surface area contributed by atoms with Crippen LogP contribution in [0.4, 0.5) is 0 Å². The topological polar surface area (TPSA) is 40.5 Å². The molecule has 0 aliphatic rings. The Morgan fingerprint density at radius 1 is 1.13 bits per heavy atom. The SMILES string of the molecule is C=C(/C=C\C=C/C)COCc1cc2ccc(Cl)cc2n(CCOc2ccccc2)c1=O. The summed E-state index contributed by atoms with van der Waals surface area (Å²) in [7, 11) is 0. The molecule has 160 valence electrons. The molecule has 0 amide bonds. The molecule has 3 aromatic rings. The van der Waals surface area contributed by atoms with E-state index in [2.05, 4.69) is 6.58 Å². The molecule has 0 bridgehead atoms. The maximum atomic E-state index is 13.2. The first-order chi connectivity index (χ1) is 15.1. The second-order valence-corrected chi connectivity index (χ2v) is 7.46. The van der Waals surface area contributed by atoms with E-state index >= 15 is 0 Å². The molecule has 0 radical (unpaired) electrons. The highest BCUT2D eigenvalue weighted by Gasteiger charge is 2.11. The number of ether oxygens (including phenoxy) is 2. The molecule has 4 nitrogen and oxygen atoms in total. The third kappa shape index (κ3) is 6.45. The van der Waals surface area contributed by atoms with Crippen molar-refractivity contribution in [3.63, 3.8) is 0 Å². The van der Waals surface area contributed by atoms with Gasteiger partial charge in [-0.1, -0.05) is 66.7 Å².